The number of hydrogen-bond acceptors (Lipinski definition) is 5. The molecule has 0 spiro atoms. The average molecular weight is 421 g/mol. The monoisotopic (exact) mass is 420 g/mol. The van der Waals surface area contributed by atoms with Crippen molar-refractivity contribution in [2.75, 3.05) is 11.9 Å². The van der Waals surface area contributed by atoms with E-state index in [1.165, 1.54) is 18.2 Å². The molecule has 0 saturated heterocycles. The first-order valence-electron chi connectivity index (χ1n) is 8.52. The predicted octanol–water partition coefficient (Wildman–Crippen LogP) is 1.22. The summed E-state index contributed by atoms with van der Waals surface area (Å²) in [4.78, 5) is 23.8. The minimum Gasteiger partial charge on any atom is -0.346 e. The first-order valence-corrected chi connectivity index (χ1v) is 10.0. The Hall–Kier alpha value is -1.68. The second-order valence-corrected chi connectivity index (χ2v) is 8.21. The lowest BCUT2D eigenvalue weighted by molar-refractivity contribution is -0.125. The first kappa shape index (κ1) is 25.3. The number of rotatable bonds is 9. The zero-order valence-electron chi connectivity index (χ0n) is 16.0. The Morgan fingerprint density at radius 3 is 2.37 bits per heavy atom. The van der Waals surface area contributed by atoms with E-state index in [0.717, 1.165) is 0 Å². The van der Waals surface area contributed by atoms with E-state index in [2.05, 4.69) is 15.4 Å². The molecule has 2 amide bonds. The first-order chi connectivity index (χ1) is 12.1. The zero-order chi connectivity index (χ0) is 19.9. The third kappa shape index (κ3) is 8.25. The van der Waals surface area contributed by atoms with Crippen LogP contribution in [0.15, 0.2) is 29.2 Å². The van der Waals surface area contributed by atoms with E-state index in [1.807, 2.05) is 20.8 Å². The van der Waals surface area contributed by atoms with Crippen molar-refractivity contribution in [2.24, 2.45) is 11.7 Å². The molecular formula is C17H29ClN4O4S. The summed E-state index contributed by atoms with van der Waals surface area (Å²) < 4.78 is 27.2. The third-order valence-electron chi connectivity index (χ3n) is 3.84. The van der Waals surface area contributed by atoms with Gasteiger partial charge in [-0.25, -0.2) is 13.1 Å². The summed E-state index contributed by atoms with van der Waals surface area (Å²) in [6, 6.07) is 5.03. The molecule has 0 heterocycles. The van der Waals surface area contributed by atoms with Gasteiger partial charge in [-0.05, 0) is 37.5 Å². The molecule has 0 aromatic heterocycles. The Morgan fingerprint density at radius 2 is 1.81 bits per heavy atom. The molecule has 2 atom stereocenters. The van der Waals surface area contributed by atoms with Crippen molar-refractivity contribution in [3.05, 3.63) is 24.3 Å². The number of benzene rings is 1. The van der Waals surface area contributed by atoms with E-state index in [-0.39, 0.29) is 35.8 Å². The number of nitrogens with two attached hydrogens (primary N) is 1. The van der Waals surface area contributed by atoms with Crippen LogP contribution in [0.25, 0.3) is 0 Å². The van der Waals surface area contributed by atoms with Crippen molar-refractivity contribution in [1.82, 2.24) is 10.0 Å². The molecule has 0 bridgehead atoms. The molecule has 5 N–H and O–H groups in total. The lowest BCUT2D eigenvalue weighted by Crippen LogP contribution is -2.46. The molecule has 0 aliphatic rings. The summed E-state index contributed by atoms with van der Waals surface area (Å²) in [5, 5.41) is 5.01. The fourth-order valence-electron chi connectivity index (χ4n) is 1.95. The largest absolute Gasteiger partial charge is 0.346 e. The van der Waals surface area contributed by atoms with Crippen LogP contribution in [0.1, 0.15) is 34.1 Å². The molecule has 8 nitrogen and oxygen atoms in total. The van der Waals surface area contributed by atoms with Crippen LogP contribution < -0.4 is 21.1 Å². The Bertz CT molecular complexity index is 740. The summed E-state index contributed by atoms with van der Waals surface area (Å²) in [6.07, 6.45) is 0.661. The number of halogens is 1. The van der Waals surface area contributed by atoms with Crippen LogP contribution in [0.5, 0.6) is 0 Å². The maximum atomic E-state index is 12.3. The normalized spacial score (nSPS) is 13.4. The Labute approximate surface area is 167 Å². The minimum atomic E-state index is -3.66. The van der Waals surface area contributed by atoms with Crippen LogP contribution in [0.3, 0.4) is 0 Å². The molecule has 0 aliphatic heterocycles. The number of carbonyl (C=O) groups is 2. The lowest BCUT2D eigenvalue weighted by Gasteiger charge is -2.15. The van der Waals surface area contributed by atoms with Crippen LogP contribution in [0.2, 0.25) is 0 Å². The molecule has 0 saturated carbocycles. The molecule has 0 radical (unpaired) electrons. The maximum Gasteiger partial charge on any atom is 0.243 e. The van der Waals surface area contributed by atoms with E-state index in [9.17, 15) is 18.0 Å². The molecule has 1 aromatic rings. The van der Waals surface area contributed by atoms with Crippen LogP contribution in [0.4, 0.5) is 5.69 Å². The van der Waals surface area contributed by atoms with E-state index in [1.54, 1.807) is 13.0 Å². The topological polar surface area (TPSA) is 130 Å². The Morgan fingerprint density at radius 1 is 1.19 bits per heavy atom. The van der Waals surface area contributed by atoms with Crippen molar-refractivity contribution in [3.8, 4) is 0 Å². The quantitative estimate of drug-likeness (QED) is 0.477. The van der Waals surface area contributed by atoms with Crippen molar-refractivity contribution >= 4 is 39.9 Å². The summed E-state index contributed by atoms with van der Waals surface area (Å²) >= 11 is 0. The predicted molar refractivity (Wildman–Crippen MR) is 108 cm³/mol. The number of sulfonamides is 1. The van der Waals surface area contributed by atoms with Crippen molar-refractivity contribution in [2.45, 2.75) is 51.1 Å². The second kappa shape index (κ2) is 11.2. The van der Waals surface area contributed by atoms with Gasteiger partial charge in [-0.3, -0.25) is 9.59 Å². The van der Waals surface area contributed by atoms with Crippen LogP contribution in [0, 0.1) is 5.92 Å². The van der Waals surface area contributed by atoms with Crippen molar-refractivity contribution in [3.63, 3.8) is 0 Å². The smallest absolute Gasteiger partial charge is 0.243 e. The molecule has 154 valence electrons. The molecule has 1 aromatic carbocycles. The number of hydrogen-bond donors (Lipinski definition) is 4. The molecule has 27 heavy (non-hydrogen) atoms. The van der Waals surface area contributed by atoms with Gasteiger partial charge in [-0.15, -0.1) is 12.4 Å². The zero-order valence-corrected chi connectivity index (χ0v) is 17.6. The van der Waals surface area contributed by atoms with E-state index >= 15 is 0 Å². The van der Waals surface area contributed by atoms with E-state index in [0.29, 0.717) is 12.1 Å². The van der Waals surface area contributed by atoms with Crippen molar-refractivity contribution < 1.29 is 18.0 Å². The highest BCUT2D eigenvalue weighted by Gasteiger charge is 2.19. The van der Waals surface area contributed by atoms with Crippen LogP contribution >= 0.6 is 12.4 Å². The number of anilines is 1. The average Bonchev–Trinajstić information content (AvgIpc) is 2.58. The van der Waals surface area contributed by atoms with Gasteiger partial charge in [-0.2, -0.15) is 0 Å². The van der Waals surface area contributed by atoms with Crippen LogP contribution in [-0.4, -0.2) is 38.9 Å². The van der Waals surface area contributed by atoms with Gasteiger partial charge in [0, 0.05) is 11.7 Å². The maximum absolute atomic E-state index is 12.3. The molecule has 10 heteroatoms. The highest BCUT2D eigenvalue weighted by atomic mass is 35.5. The number of carbonyl (C=O) groups excluding carboxylic acids is 2. The summed E-state index contributed by atoms with van der Waals surface area (Å²) in [7, 11) is -3.66. The van der Waals surface area contributed by atoms with Crippen molar-refractivity contribution in [1.29, 1.82) is 0 Å². The molecule has 0 aliphatic carbocycles. The standard InChI is InChI=1S/C17H28N4O4S.ClH/c1-5-12(4)21-26(24,25)14-8-6-7-13(9-14)20-15(22)10-19-17(23)16(18)11(2)3;/h6-9,11-12,16,21H,5,10,18H2,1-4H3,(H,19,23)(H,20,22);1H/t12?,16-;/m0./s1. The molecule has 1 unspecified atom stereocenters. The highest BCUT2D eigenvalue weighted by molar-refractivity contribution is 7.89. The summed E-state index contributed by atoms with van der Waals surface area (Å²) in [5.41, 5.74) is 6.02. The third-order valence-corrected chi connectivity index (χ3v) is 5.43. The number of nitrogens with one attached hydrogen (secondary N) is 3. The van der Waals surface area contributed by atoms with Crippen LogP contribution in [-0.2, 0) is 19.6 Å². The Kier molecular flexibility index (Phi) is 10.5. The highest BCUT2D eigenvalue weighted by Crippen LogP contribution is 2.16. The SMILES string of the molecule is CCC(C)NS(=O)(=O)c1cccc(NC(=O)CNC(=O)[C@@H](N)C(C)C)c1.Cl. The lowest BCUT2D eigenvalue weighted by atomic mass is 10.1. The van der Waals surface area contributed by atoms with E-state index < -0.39 is 27.9 Å². The summed E-state index contributed by atoms with van der Waals surface area (Å²) in [5.74, 6) is -0.930. The Balaban J connectivity index is 0.00000676. The van der Waals surface area contributed by atoms with Gasteiger partial charge in [0.15, 0.2) is 0 Å². The fourth-order valence-corrected chi connectivity index (χ4v) is 3.32. The van der Waals surface area contributed by atoms with Gasteiger partial charge in [-0.1, -0.05) is 26.8 Å². The molecule has 1 rings (SSSR count). The van der Waals surface area contributed by atoms with Gasteiger partial charge < -0.3 is 16.4 Å². The second-order valence-electron chi connectivity index (χ2n) is 6.49. The molecular weight excluding hydrogens is 392 g/mol. The van der Waals surface area contributed by atoms with Gasteiger partial charge >= 0.3 is 0 Å². The fraction of sp³-hybridized carbons (Fsp3) is 0.529. The minimum absolute atomic E-state index is 0. The summed E-state index contributed by atoms with van der Waals surface area (Å²) in [6.45, 7) is 7.02. The van der Waals surface area contributed by atoms with Gasteiger partial charge in [0.05, 0.1) is 17.5 Å². The van der Waals surface area contributed by atoms with E-state index in [4.69, 9.17) is 5.73 Å². The van der Waals surface area contributed by atoms with Gasteiger partial charge in [0.1, 0.15) is 0 Å². The number of amides is 2. The van der Waals surface area contributed by atoms with Gasteiger partial charge in [0.25, 0.3) is 0 Å². The van der Waals surface area contributed by atoms with Gasteiger partial charge in [0.2, 0.25) is 21.8 Å². The molecule has 0 fully saturated rings.